The molecule has 0 radical (unpaired) electrons. The second-order valence-electron chi connectivity index (χ2n) is 6.20. The van der Waals surface area contributed by atoms with Gasteiger partial charge in [0.05, 0.1) is 20.1 Å². The largest absolute Gasteiger partial charge is 0.497 e. The molecule has 8 heteroatoms. The Bertz CT molecular complexity index is 1130. The number of ether oxygens (including phenoxy) is 2. The van der Waals surface area contributed by atoms with Crippen molar-refractivity contribution in [2.45, 2.75) is 13.3 Å². The summed E-state index contributed by atoms with van der Waals surface area (Å²) in [6, 6.07) is 14.6. The molecule has 2 aromatic carbocycles. The molecule has 0 aliphatic carbocycles. The number of hydrogen-bond acceptors (Lipinski definition) is 7. The van der Waals surface area contributed by atoms with Crippen LogP contribution in [0.3, 0.4) is 0 Å². The zero-order chi connectivity index (χ0) is 20.2. The van der Waals surface area contributed by atoms with Crippen molar-refractivity contribution < 1.29 is 23.1 Å². The molecular formula is C21H19N3O5. The lowest BCUT2D eigenvalue weighted by Crippen LogP contribution is -2.11. The molecule has 0 saturated heterocycles. The standard InChI is InChI=1S/C21H19N3O5/c1-3-27-16-6-4-5-14-12-17(28-19(14)16)20(25)22-21-24-23-18(29-21)11-13-7-9-15(26-2)10-8-13/h4-10,12H,3,11H2,1-2H3,(H,22,24,25). The maximum atomic E-state index is 12.5. The van der Waals surface area contributed by atoms with Crippen molar-refractivity contribution in [3.8, 4) is 11.5 Å². The average molecular weight is 393 g/mol. The summed E-state index contributed by atoms with van der Waals surface area (Å²) in [5.41, 5.74) is 1.50. The maximum absolute atomic E-state index is 12.5. The van der Waals surface area contributed by atoms with E-state index in [1.165, 1.54) is 0 Å². The highest BCUT2D eigenvalue weighted by Crippen LogP contribution is 2.29. The first-order valence-corrected chi connectivity index (χ1v) is 9.08. The minimum Gasteiger partial charge on any atom is -0.497 e. The minimum absolute atomic E-state index is 0.00370. The first kappa shape index (κ1) is 18.5. The van der Waals surface area contributed by atoms with Crippen LogP contribution in [0.1, 0.15) is 28.9 Å². The first-order chi connectivity index (χ1) is 14.2. The Labute approximate surface area is 166 Å². The third-order valence-electron chi connectivity index (χ3n) is 4.23. The van der Waals surface area contributed by atoms with Gasteiger partial charge in [0.15, 0.2) is 17.1 Å². The highest BCUT2D eigenvalue weighted by atomic mass is 16.5. The lowest BCUT2D eigenvalue weighted by atomic mass is 10.1. The van der Waals surface area contributed by atoms with Crippen molar-refractivity contribution in [2.24, 2.45) is 0 Å². The third kappa shape index (κ3) is 4.06. The quantitative estimate of drug-likeness (QED) is 0.505. The van der Waals surface area contributed by atoms with Crippen molar-refractivity contribution in [3.05, 3.63) is 65.7 Å². The Morgan fingerprint density at radius 2 is 1.93 bits per heavy atom. The van der Waals surface area contributed by atoms with Crippen LogP contribution >= 0.6 is 0 Å². The van der Waals surface area contributed by atoms with Gasteiger partial charge in [-0.25, -0.2) is 0 Å². The minimum atomic E-state index is -0.483. The molecule has 1 N–H and O–H groups in total. The second kappa shape index (κ2) is 8.05. The molecule has 0 aliphatic heterocycles. The predicted octanol–water partition coefficient (Wildman–Crippen LogP) is 4.07. The Balaban J connectivity index is 1.46. The van der Waals surface area contributed by atoms with E-state index < -0.39 is 5.91 Å². The Morgan fingerprint density at radius 3 is 2.69 bits per heavy atom. The molecular weight excluding hydrogens is 374 g/mol. The molecule has 0 atom stereocenters. The number of hydrogen-bond donors (Lipinski definition) is 1. The van der Waals surface area contributed by atoms with Crippen molar-refractivity contribution in [1.29, 1.82) is 0 Å². The number of carbonyl (C=O) groups is 1. The topological polar surface area (TPSA) is 99.6 Å². The van der Waals surface area contributed by atoms with Crippen molar-refractivity contribution in [2.75, 3.05) is 19.0 Å². The van der Waals surface area contributed by atoms with Gasteiger partial charge in [-0.15, -0.1) is 5.10 Å². The number of benzene rings is 2. The molecule has 148 valence electrons. The molecule has 0 spiro atoms. The fourth-order valence-corrected chi connectivity index (χ4v) is 2.87. The van der Waals surface area contributed by atoms with Gasteiger partial charge in [0.1, 0.15) is 5.75 Å². The molecule has 4 rings (SSSR count). The number of furan rings is 1. The van der Waals surface area contributed by atoms with Gasteiger partial charge in [-0.05, 0) is 36.8 Å². The van der Waals surface area contributed by atoms with E-state index in [9.17, 15) is 4.79 Å². The Kier molecular flexibility index (Phi) is 5.15. The summed E-state index contributed by atoms with van der Waals surface area (Å²) in [5, 5.41) is 11.2. The smallest absolute Gasteiger partial charge is 0.322 e. The van der Waals surface area contributed by atoms with Crippen LogP contribution in [0.5, 0.6) is 11.5 Å². The van der Waals surface area contributed by atoms with Crippen LogP contribution in [0.4, 0.5) is 6.01 Å². The monoisotopic (exact) mass is 393 g/mol. The number of fused-ring (bicyclic) bond motifs is 1. The van der Waals surface area contributed by atoms with Crippen LogP contribution in [0.2, 0.25) is 0 Å². The molecule has 0 aliphatic rings. The molecule has 0 bridgehead atoms. The molecule has 4 aromatic rings. The van der Waals surface area contributed by atoms with Crippen LogP contribution in [-0.4, -0.2) is 29.8 Å². The van der Waals surface area contributed by atoms with Crippen LogP contribution < -0.4 is 14.8 Å². The number of aromatic nitrogens is 2. The normalized spacial score (nSPS) is 10.8. The van der Waals surface area contributed by atoms with Gasteiger partial charge in [0.25, 0.3) is 5.91 Å². The third-order valence-corrected chi connectivity index (χ3v) is 4.23. The predicted molar refractivity (Wildman–Crippen MR) is 105 cm³/mol. The average Bonchev–Trinajstić information content (AvgIpc) is 3.36. The summed E-state index contributed by atoms with van der Waals surface area (Å²) < 4.78 is 21.9. The summed E-state index contributed by atoms with van der Waals surface area (Å²) in [6.07, 6.45) is 0.440. The molecule has 0 fully saturated rings. The molecule has 2 heterocycles. The summed E-state index contributed by atoms with van der Waals surface area (Å²) >= 11 is 0. The number of anilines is 1. The summed E-state index contributed by atoms with van der Waals surface area (Å²) in [6.45, 7) is 2.38. The number of nitrogens with one attached hydrogen (secondary N) is 1. The van der Waals surface area contributed by atoms with Gasteiger partial charge in [0.2, 0.25) is 5.89 Å². The summed E-state index contributed by atoms with van der Waals surface area (Å²) in [4.78, 5) is 12.5. The van der Waals surface area contributed by atoms with Gasteiger partial charge < -0.3 is 18.3 Å². The lowest BCUT2D eigenvalue weighted by Gasteiger charge is -2.02. The van der Waals surface area contributed by atoms with E-state index in [1.807, 2.05) is 43.3 Å². The van der Waals surface area contributed by atoms with Crippen LogP contribution in [0.15, 0.2) is 57.4 Å². The van der Waals surface area contributed by atoms with Crippen LogP contribution in [0.25, 0.3) is 11.0 Å². The number of carbonyl (C=O) groups excluding carboxylic acids is 1. The number of rotatable bonds is 7. The Morgan fingerprint density at radius 1 is 1.10 bits per heavy atom. The fourth-order valence-electron chi connectivity index (χ4n) is 2.87. The van der Waals surface area contributed by atoms with E-state index in [1.54, 1.807) is 19.2 Å². The van der Waals surface area contributed by atoms with Crippen LogP contribution in [0, 0.1) is 0 Å². The summed E-state index contributed by atoms with van der Waals surface area (Å²) in [5.74, 6) is 1.38. The van der Waals surface area contributed by atoms with Crippen LogP contribution in [-0.2, 0) is 6.42 Å². The number of nitrogens with zero attached hydrogens (tertiary/aromatic N) is 2. The van der Waals surface area contributed by atoms with Crippen molar-refractivity contribution >= 4 is 22.9 Å². The molecule has 8 nitrogen and oxygen atoms in total. The zero-order valence-electron chi connectivity index (χ0n) is 16.0. The van der Waals surface area contributed by atoms with Gasteiger partial charge in [0, 0.05) is 5.39 Å². The van der Waals surface area contributed by atoms with Gasteiger partial charge in [-0.2, -0.15) is 0 Å². The zero-order valence-corrected chi connectivity index (χ0v) is 16.0. The van der Waals surface area contributed by atoms with Gasteiger partial charge >= 0.3 is 6.01 Å². The lowest BCUT2D eigenvalue weighted by molar-refractivity contribution is 0.0995. The fraction of sp³-hybridized carbons (Fsp3) is 0.190. The Hall–Kier alpha value is -3.81. The van der Waals surface area contributed by atoms with E-state index in [0.29, 0.717) is 30.3 Å². The highest BCUT2D eigenvalue weighted by Gasteiger charge is 2.17. The second-order valence-corrected chi connectivity index (χ2v) is 6.20. The van der Waals surface area contributed by atoms with E-state index >= 15 is 0 Å². The molecule has 2 aromatic heterocycles. The molecule has 0 saturated carbocycles. The highest BCUT2D eigenvalue weighted by molar-refractivity contribution is 6.04. The van der Waals surface area contributed by atoms with Crippen molar-refractivity contribution in [1.82, 2.24) is 10.2 Å². The first-order valence-electron chi connectivity index (χ1n) is 9.08. The molecule has 1 amide bonds. The maximum Gasteiger partial charge on any atom is 0.322 e. The molecule has 0 unspecified atom stereocenters. The number of amides is 1. The molecule has 29 heavy (non-hydrogen) atoms. The van der Waals surface area contributed by atoms with Gasteiger partial charge in [-0.3, -0.25) is 10.1 Å². The number of methoxy groups -OCH3 is 1. The van der Waals surface area contributed by atoms with Crippen molar-refractivity contribution in [3.63, 3.8) is 0 Å². The summed E-state index contributed by atoms with van der Waals surface area (Å²) in [7, 11) is 1.61. The SMILES string of the molecule is CCOc1cccc2cc(C(=O)Nc3nnc(Cc4ccc(OC)cc4)o3)oc12. The van der Waals surface area contributed by atoms with E-state index in [2.05, 4.69) is 15.5 Å². The number of para-hydroxylation sites is 1. The van der Waals surface area contributed by atoms with Gasteiger partial charge in [-0.1, -0.05) is 29.4 Å². The van der Waals surface area contributed by atoms with E-state index in [4.69, 9.17) is 18.3 Å². The van der Waals surface area contributed by atoms with E-state index in [-0.39, 0.29) is 11.8 Å². The van der Waals surface area contributed by atoms with E-state index in [0.717, 1.165) is 16.7 Å².